The minimum absolute atomic E-state index is 0.200. The van der Waals surface area contributed by atoms with Gasteiger partial charge in [0.15, 0.2) is 5.54 Å². The van der Waals surface area contributed by atoms with E-state index in [2.05, 4.69) is 34.2 Å². The lowest BCUT2D eigenvalue weighted by Crippen LogP contribution is -2.31. The number of allylic oxidation sites excluding steroid dienone is 1. The van der Waals surface area contributed by atoms with Crippen LogP contribution in [0.2, 0.25) is 0 Å². The van der Waals surface area contributed by atoms with Crippen molar-refractivity contribution >= 4 is 23.4 Å². The summed E-state index contributed by atoms with van der Waals surface area (Å²) in [5, 5.41) is 0. The van der Waals surface area contributed by atoms with Crippen molar-refractivity contribution in [1.82, 2.24) is 9.97 Å². The van der Waals surface area contributed by atoms with Crippen molar-refractivity contribution in [3.8, 4) is 22.6 Å². The monoisotopic (exact) mass is 428 g/mol. The molecule has 0 bridgehead atoms. The maximum atomic E-state index is 6.31. The minimum atomic E-state index is -0.737. The standard InChI is InChI=1S/C24H20N4O2S/c25-23-28-24(13-29-23)19-9-16(15-5-7-31-8-6-15)1-3-21(19)30-22-4-2-17(10-20(22)24)18-11-26-14-27-12-18/h1-5,9-12,14H,6-8,13H2,(H2,25,28)/t24-/m1/s1. The number of thioether (sulfide) groups is 1. The molecule has 6 nitrogen and oxygen atoms in total. The first-order chi connectivity index (χ1) is 15.2. The fourth-order valence-corrected chi connectivity index (χ4v) is 5.32. The highest BCUT2D eigenvalue weighted by Gasteiger charge is 2.47. The Kier molecular flexibility index (Phi) is 4.24. The number of ether oxygens (including phenoxy) is 2. The van der Waals surface area contributed by atoms with Gasteiger partial charge >= 0.3 is 0 Å². The summed E-state index contributed by atoms with van der Waals surface area (Å²) in [4.78, 5) is 13.1. The number of nitrogens with zero attached hydrogens (tertiary/aromatic N) is 3. The molecular formula is C24H20N4O2S. The summed E-state index contributed by atoms with van der Waals surface area (Å²) in [7, 11) is 0. The van der Waals surface area contributed by atoms with E-state index in [1.165, 1.54) is 17.5 Å². The van der Waals surface area contributed by atoms with E-state index in [-0.39, 0.29) is 6.02 Å². The maximum Gasteiger partial charge on any atom is 0.283 e. The Morgan fingerprint density at radius 2 is 1.68 bits per heavy atom. The maximum absolute atomic E-state index is 6.31. The lowest BCUT2D eigenvalue weighted by atomic mass is 9.79. The molecule has 1 atom stereocenters. The molecule has 0 saturated carbocycles. The van der Waals surface area contributed by atoms with Crippen molar-refractivity contribution in [3.05, 3.63) is 77.9 Å². The van der Waals surface area contributed by atoms with Gasteiger partial charge in [-0.15, -0.1) is 0 Å². The zero-order chi connectivity index (χ0) is 20.8. The molecule has 3 aliphatic rings. The summed E-state index contributed by atoms with van der Waals surface area (Å²) in [6.45, 7) is 0.343. The van der Waals surface area contributed by atoms with Crippen molar-refractivity contribution < 1.29 is 9.47 Å². The number of rotatable bonds is 2. The van der Waals surface area contributed by atoms with Crippen LogP contribution in [0.15, 0.2) is 66.2 Å². The fourth-order valence-electron chi connectivity index (χ4n) is 4.47. The molecule has 7 heteroatoms. The first-order valence-corrected chi connectivity index (χ1v) is 11.4. The molecule has 4 heterocycles. The van der Waals surface area contributed by atoms with E-state index in [9.17, 15) is 0 Å². The van der Waals surface area contributed by atoms with Gasteiger partial charge in [0.2, 0.25) is 0 Å². The Hall–Kier alpha value is -3.32. The Morgan fingerprint density at radius 3 is 2.35 bits per heavy atom. The number of hydrogen-bond acceptors (Lipinski definition) is 7. The molecule has 3 aliphatic heterocycles. The van der Waals surface area contributed by atoms with E-state index in [1.54, 1.807) is 12.4 Å². The van der Waals surface area contributed by atoms with Crippen LogP contribution in [0.1, 0.15) is 23.1 Å². The fraction of sp³-hybridized carbons (Fsp3) is 0.208. The van der Waals surface area contributed by atoms with Crippen LogP contribution < -0.4 is 10.5 Å². The molecule has 0 radical (unpaired) electrons. The number of fused-ring (bicyclic) bond motifs is 4. The Morgan fingerprint density at radius 1 is 0.935 bits per heavy atom. The smallest absolute Gasteiger partial charge is 0.283 e. The Balaban J connectivity index is 1.53. The summed E-state index contributed by atoms with van der Waals surface area (Å²) in [5.74, 6) is 3.74. The van der Waals surface area contributed by atoms with Gasteiger partial charge in [0.1, 0.15) is 24.4 Å². The number of hydrogen-bond donors (Lipinski definition) is 1. The normalized spacial score (nSPS) is 21.4. The van der Waals surface area contributed by atoms with Crippen molar-refractivity contribution in [2.75, 3.05) is 18.1 Å². The highest BCUT2D eigenvalue weighted by molar-refractivity contribution is 7.99. The quantitative estimate of drug-likeness (QED) is 0.653. The zero-order valence-electron chi connectivity index (χ0n) is 16.7. The predicted molar refractivity (Wildman–Crippen MR) is 122 cm³/mol. The molecule has 0 saturated heterocycles. The molecule has 154 valence electrons. The lowest BCUT2D eigenvalue weighted by Gasteiger charge is -2.34. The number of aromatic nitrogens is 2. The van der Waals surface area contributed by atoms with E-state index in [0.29, 0.717) is 6.61 Å². The van der Waals surface area contributed by atoms with Crippen LogP contribution in [0.25, 0.3) is 16.7 Å². The summed E-state index contributed by atoms with van der Waals surface area (Å²) < 4.78 is 12.0. The van der Waals surface area contributed by atoms with Crippen LogP contribution in [0, 0.1) is 0 Å². The van der Waals surface area contributed by atoms with Crippen LogP contribution in [-0.4, -0.2) is 34.1 Å². The van der Waals surface area contributed by atoms with Crippen LogP contribution in [0.4, 0.5) is 0 Å². The molecule has 0 unspecified atom stereocenters. The highest BCUT2D eigenvalue weighted by atomic mass is 32.2. The molecule has 1 spiro atoms. The van der Waals surface area contributed by atoms with E-state index >= 15 is 0 Å². The van der Waals surface area contributed by atoms with Gasteiger partial charge in [-0.2, -0.15) is 11.8 Å². The summed E-state index contributed by atoms with van der Waals surface area (Å²) in [6.07, 6.45) is 8.50. The summed E-state index contributed by atoms with van der Waals surface area (Å²) in [6, 6.07) is 12.7. The average molecular weight is 429 g/mol. The van der Waals surface area contributed by atoms with Gasteiger partial charge in [0.05, 0.1) is 0 Å². The third kappa shape index (κ3) is 2.99. The molecule has 31 heavy (non-hydrogen) atoms. The Bertz CT molecular complexity index is 1240. The van der Waals surface area contributed by atoms with Crippen molar-refractivity contribution in [2.24, 2.45) is 10.7 Å². The third-order valence-electron chi connectivity index (χ3n) is 6.03. The SMILES string of the molecule is NC1=N[C@]2(CO1)c1cc(C3=CCSCC3)ccc1Oc1ccc(-c3cncnc3)cc12. The molecule has 6 rings (SSSR count). The van der Waals surface area contributed by atoms with Crippen molar-refractivity contribution in [2.45, 2.75) is 12.0 Å². The predicted octanol–water partition coefficient (Wildman–Crippen LogP) is 4.36. The van der Waals surface area contributed by atoms with Gasteiger partial charge < -0.3 is 15.2 Å². The first kappa shape index (κ1) is 18.4. The minimum Gasteiger partial charge on any atom is -0.462 e. The molecule has 2 N–H and O–H groups in total. The van der Waals surface area contributed by atoms with E-state index in [0.717, 1.165) is 51.7 Å². The molecular weight excluding hydrogens is 408 g/mol. The lowest BCUT2D eigenvalue weighted by molar-refractivity contribution is 0.264. The van der Waals surface area contributed by atoms with Gasteiger partial charge in [-0.05, 0) is 53.1 Å². The van der Waals surface area contributed by atoms with E-state index in [4.69, 9.17) is 20.2 Å². The molecule has 0 amide bonds. The first-order valence-electron chi connectivity index (χ1n) is 10.2. The van der Waals surface area contributed by atoms with Crippen molar-refractivity contribution in [1.29, 1.82) is 0 Å². The third-order valence-corrected chi connectivity index (χ3v) is 6.92. The zero-order valence-corrected chi connectivity index (χ0v) is 17.6. The molecule has 3 aromatic rings. The van der Waals surface area contributed by atoms with Gasteiger partial charge in [-0.3, -0.25) is 0 Å². The van der Waals surface area contributed by atoms with Crippen LogP contribution >= 0.6 is 11.8 Å². The van der Waals surface area contributed by atoms with Crippen LogP contribution in [0.3, 0.4) is 0 Å². The average Bonchev–Trinajstić information content (AvgIpc) is 3.22. The number of aliphatic imine (C=N–C) groups is 1. The molecule has 1 aromatic heterocycles. The second-order valence-corrected chi connectivity index (χ2v) is 8.95. The van der Waals surface area contributed by atoms with E-state index < -0.39 is 5.54 Å². The molecule has 2 aromatic carbocycles. The molecule has 0 aliphatic carbocycles. The number of nitrogens with two attached hydrogens (primary N) is 1. The van der Waals surface area contributed by atoms with Gasteiger partial charge in [-0.25, -0.2) is 15.0 Å². The van der Waals surface area contributed by atoms with E-state index in [1.807, 2.05) is 30.0 Å². The van der Waals surface area contributed by atoms with Gasteiger partial charge in [-0.1, -0.05) is 18.2 Å². The van der Waals surface area contributed by atoms with Crippen LogP contribution in [0.5, 0.6) is 11.5 Å². The number of amidine groups is 1. The molecule has 0 fully saturated rings. The summed E-state index contributed by atoms with van der Waals surface area (Å²) in [5.41, 5.74) is 11.7. The van der Waals surface area contributed by atoms with Crippen LogP contribution in [-0.2, 0) is 10.3 Å². The topological polar surface area (TPSA) is 82.6 Å². The summed E-state index contributed by atoms with van der Waals surface area (Å²) >= 11 is 1.96. The van der Waals surface area contributed by atoms with Gasteiger partial charge in [0, 0.05) is 34.8 Å². The second-order valence-electron chi connectivity index (χ2n) is 7.80. The second kappa shape index (κ2) is 7.13. The highest BCUT2D eigenvalue weighted by Crippen LogP contribution is 2.52. The van der Waals surface area contributed by atoms with Crippen molar-refractivity contribution in [3.63, 3.8) is 0 Å². The largest absolute Gasteiger partial charge is 0.462 e. The van der Waals surface area contributed by atoms with Gasteiger partial charge in [0.25, 0.3) is 6.02 Å². The Labute approximate surface area is 184 Å². The number of benzene rings is 2.